The number of benzene rings is 1. The maximum absolute atomic E-state index is 5.98. The third-order valence-corrected chi connectivity index (χ3v) is 4.68. The Hall–Kier alpha value is -1.32. The Morgan fingerprint density at radius 2 is 2.05 bits per heavy atom. The highest BCUT2D eigenvalue weighted by atomic mass is 35.5. The van der Waals surface area contributed by atoms with Crippen molar-refractivity contribution < 1.29 is 0 Å². The van der Waals surface area contributed by atoms with Crippen molar-refractivity contribution >= 4 is 11.6 Å². The smallest absolute Gasteiger partial charge is 0.105 e. The Morgan fingerprint density at radius 1 is 1.24 bits per heavy atom. The lowest BCUT2D eigenvalue weighted by Gasteiger charge is -2.33. The summed E-state index contributed by atoms with van der Waals surface area (Å²) in [6.45, 7) is 6.54. The molecule has 3 rings (SSSR count). The van der Waals surface area contributed by atoms with Crippen LogP contribution < -0.4 is 0 Å². The molecule has 0 bridgehead atoms. The first kappa shape index (κ1) is 14.6. The molecule has 0 N–H and O–H groups in total. The molecule has 0 aliphatic carbocycles. The lowest BCUT2D eigenvalue weighted by Crippen LogP contribution is -2.36. The summed E-state index contributed by atoms with van der Waals surface area (Å²) in [6.07, 6.45) is 6.50. The van der Waals surface area contributed by atoms with Gasteiger partial charge in [0.2, 0.25) is 0 Å². The molecular weight excluding hydrogens is 282 g/mol. The van der Waals surface area contributed by atoms with Crippen LogP contribution in [0.3, 0.4) is 0 Å². The number of likely N-dealkylation sites (tertiary alicyclic amines) is 1. The summed E-state index contributed by atoms with van der Waals surface area (Å²) in [4.78, 5) is 6.85. The molecule has 1 aromatic heterocycles. The number of imidazole rings is 1. The molecule has 112 valence electrons. The van der Waals surface area contributed by atoms with Crippen LogP contribution in [-0.2, 0) is 6.54 Å². The summed E-state index contributed by atoms with van der Waals surface area (Å²) >= 11 is 5.98. The van der Waals surface area contributed by atoms with Crippen molar-refractivity contribution in [2.75, 3.05) is 19.6 Å². The number of nitrogens with zero attached hydrogens (tertiary/aromatic N) is 3. The minimum absolute atomic E-state index is 0.639. The predicted octanol–water partition coefficient (Wildman–Crippen LogP) is 3.72. The van der Waals surface area contributed by atoms with E-state index < -0.39 is 0 Å². The summed E-state index contributed by atoms with van der Waals surface area (Å²) in [7, 11) is 0. The quantitative estimate of drug-likeness (QED) is 0.858. The normalized spacial score (nSPS) is 19.8. The highest BCUT2D eigenvalue weighted by molar-refractivity contribution is 6.30. The molecule has 1 saturated heterocycles. The van der Waals surface area contributed by atoms with Gasteiger partial charge in [-0.25, -0.2) is 4.98 Å². The van der Waals surface area contributed by atoms with Crippen molar-refractivity contribution in [3.63, 3.8) is 0 Å². The van der Waals surface area contributed by atoms with E-state index >= 15 is 0 Å². The molecule has 4 heteroatoms. The first-order valence-electron chi connectivity index (χ1n) is 7.68. The van der Waals surface area contributed by atoms with E-state index in [-0.39, 0.29) is 0 Å². The van der Waals surface area contributed by atoms with E-state index in [4.69, 9.17) is 11.6 Å². The van der Waals surface area contributed by atoms with Gasteiger partial charge in [-0.2, -0.15) is 0 Å². The zero-order chi connectivity index (χ0) is 14.7. The first-order chi connectivity index (χ1) is 10.2. The average Bonchev–Trinajstić information content (AvgIpc) is 2.91. The van der Waals surface area contributed by atoms with Crippen molar-refractivity contribution in [3.05, 3.63) is 53.1 Å². The number of hydrogen-bond donors (Lipinski definition) is 0. The second-order valence-corrected chi connectivity index (χ2v) is 6.30. The van der Waals surface area contributed by atoms with Gasteiger partial charge >= 0.3 is 0 Å². The lowest BCUT2D eigenvalue weighted by atomic mass is 9.91. The lowest BCUT2D eigenvalue weighted by molar-refractivity contribution is 0.200. The van der Waals surface area contributed by atoms with Gasteiger partial charge in [0.05, 0.1) is 0 Å². The zero-order valence-corrected chi connectivity index (χ0v) is 13.3. The van der Waals surface area contributed by atoms with Crippen LogP contribution >= 0.6 is 11.6 Å². The highest BCUT2D eigenvalue weighted by Gasteiger charge is 2.21. The standard InChI is InChI=1S/C17H22ClN3/c1-14-19-8-10-21(14)12-11-20-9-2-3-16(13-20)15-4-6-17(18)7-5-15/h4-8,10,16H,2-3,9,11-13H2,1H3/t16-/m0/s1. The van der Waals surface area contributed by atoms with Gasteiger partial charge in [-0.3, -0.25) is 0 Å². The van der Waals surface area contributed by atoms with Crippen molar-refractivity contribution in [3.8, 4) is 0 Å². The summed E-state index contributed by atoms with van der Waals surface area (Å²) in [6, 6.07) is 8.36. The van der Waals surface area contributed by atoms with Crippen molar-refractivity contribution in [2.45, 2.75) is 32.2 Å². The molecule has 0 saturated carbocycles. The topological polar surface area (TPSA) is 21.1 Å². The van der Waals surface area contributed by atoms with E-state index in [1.165, 1.54) is 24.9 Å². The molecule has 1 aliphatic heterocycles. The minimum Gasteiger partial charge on any atom is -0.334 e. The second kappa shape index (κ2) is 6.63. The van der Waals surface area contributed by atoms with E-state index in [9.17, 15) is 0 Å². The summed E-state index contributed by atoms with van der Waals surface area (Å²) < 4.78 is 2.23. The third-order valence-electron chi connectivity index (χ3n) is 4.43. The fourth-order valence-corrected chi connectivity index (χ4v) is 3.28. The van der Waals surface area contributed by atoms with Gasteiger partial charge in [0.15, 0.2) is 0 Å². The number of aryl methyl sites for hydroxylation is 1. The highest BCUT2D eigenvalue weighted by Crippen LogP contribution is 2.27. The Morgan fingerprint density at radius 3 is 2.76 bits per heavy atom. The molecule has 0 amide bonds. The van der Waals surface area contributed by atoms with Crippen LogP contribution in [0.25, 0.3) is 0 Å². The van der Waals surface area contributed by atoms with E-state index in [1.54, 1.807) is 0 Å². The maximum Gasteiger partial charge on any atom is 0.105 e. The van der Waals surface area contributed by atoms with Gasteiger partial charge in [0.25, 0.3) is 0 Å². The Balaban J connectivity index is 1.58. The average molecular weight is 304 g/mol. The number of hydrogen-bond acceptors (Lipinski definition) is 2. The van der Waals surface area contributed by atoms with Crippen LogP contribution in [0.5, 0.6) is 0 Å². The number of aromatic nitrogens is 2. The summed E-state index contributed by atoms with van der Waals surface area (Å²) in [5.74, 6) is 1.74. The number of rotatable bonds is 4. The van der Waals surface area contributed by atoms with E-state index in [1.807, 2.05) is 18.3 Å². The number of piperidine rings is 1. The molecular formula is C17H22ClN3. The molecule has 21 heavy (non-hydrogen) atoms. The van der Waals surface area contributed by atoms with Crippen LogP contribution in [0, 0.1) is 6.92 Å². The van der Waals surface area contributed by atoms with Crippen LogP contribution in [-0.4, -0.2) is 34.1 Å². The summed E-state index contributed by atoms with van der Waals surface area (Å²) in [5.41, 5.74) is 1.42. The molecule has 1 atom stereocenters. The Labute approximate surface area is 131 Å². The molecule has 0 unspecified atom stereocenters. The molecule has 3 nitrogen and oxygen atoms in total. The fraction of sp³-hybridized carbons (Fsp3) is 0.471. The van der Waals surface area contributed by atoms with Crippen LogP contribution in [0.15, 0.2) is 36.7 Å². The minimum atomic E-state index is 0.639. The fourth-order valence-electron chi connectivity index (χ4n) is 3.15. The molecule has 1 aliphatic rings. The van der Waals surface area contributed by atoms with E-state index in [0.29, 0.717) is 5.92 Å². The monoisotopic (exact) mass is 303 g/mol. The van der Waals surface area contributed by atoms with Crippen LogP contribution in [0.4, 0.5) is 0 Å². The van der Waals surface area contributed by atoms with Gasteiger partial charge in [0.1, 0.15) is 5.82 Å². The van der Waals surface area contributed by atoms with E-state index in [0.717, 1.165) is 30.5 Å². The van der Waals surface area contributed by atoms with Crippen LogP contribution in [0.1, 0.15) is 30.1 Å². The molecule has 2 aromatic rings. The van der Waals surface area contributed by atoms with Gasteiger partial charge < -0.3 is 9.47 Å². The molecule has 1 fully saturated rings. The van der Waals surface area contributed by atoms with Crippen molar-refractivity contribution in [1.29, 1.82) is 0 Å². The SMILES string of the molecule is Cc1nccn1CCN1CCC[C@H](c2ccc(Cl)cc2)C1. The second-order valence-electron chi connectivity index (χ2n) is 5.86. The van der Waals surface area contributed by atoms with Crippen molar-refractivity contribution in [1.82, 2.24) is 14.5 Å². The molecule has 0 radical (unpaired) electrons. The Kier molecular flexibility index (Phi) is 4.61. The van der Waals surface area contributed by atoms with Gasteiger partial charge in [-0.1, -0.05) is 23.7 Å². The Bertz CT molecular complexity index is 576. The maximum atomic E-state index is 5.98. The van der Waals surface area contributed by atoms with Gasteiger partial charge in [0, 0.05) is 37.1 Å². The largest absolute Gasteiger partial charge is 0.334 e. The molecule has 2 heterocycles. The number of halogens is 1. The van der Waals surface area contributed by atoms with Crippen LogP contribution in [0.2, 0.25) is 5.02 Å². The first-order valence-corrected chi connectivity index (χ1v) is 8.06. The third kappa shape index (κ3) is 3.66. The van der Waals surface area contributed by atoms with Gasteiger partial charge in [-0.05, 0) is 49.9 Å². The van der Waals surface area contributed by atoms with Crippen molar-refractivity contribution in [2.24, 2.45) is 0 Å². The zero-order valence-electron chi connectivity index (χ0n) is 12.5. The molecule has 0 spiro atoms. The predicted molar refractivity (Wildman–Crippen MR) is 86.8 cm³/mol. The summed E-state index contributed by atoms with van der Waals surface area (Å²) in [5, 5.41) is 0.821. The van der Waals surface area contributed by atoms with Gasteiger partial charge in [-0.15, -0.1) is 0 Å². The van der Waals surface area contributed by atoms with E-state index in [2.05, 4.69) is 39.7 Å². The molecule has 1 aromatic carbocycles.